The van der Waals surface area contributed by atoms with Crippen LogP contribution in [0.4, 0.5) is 8.78 Å². The molecule has 1 aliphatic rings. The first-order chi connectivity index (χ1) is 11.4. The van der Waals surface area contributed by atoms with Crippen molar-refractivity contribution in [3.8, 4) is 0 Å². The number of amides is 2. The fourth-order valence-electron chi connectivity index (χ4n) is 2.86. The highest BCUT2D eigenvalue weighted by Crippen LogP contribution is 2.22. The van der Waals surface area contributed by atoms with E-state index in [0.29, 0.717) is 38.5 Å². The van der Waals surface area contributed by atoms with Gasteiger partial charge in [-0.25, -0.2) is 8.78 Å². The minimum atomic E-state index is -0.856. The first kappa shape index (κ1) is 18.3. The van der Waals surface area contributed by atoms with Crippen molar-refractivity contribution in [1.29, 1.82) is 0 Å². The standard InChI is InChI=1S/C17H23F2N3O2/c1-20-7-10-21(2)16(23)12-5-8-22(9-6-12)17(24)14-4-3-13(18)11-15(14)19/h3-4,11-12,20H,5-10H2,1-2H3. The number of halogens is 2. The summed E-state index contributed by atoms with van der Waals surface area (Å²) >= 11 is 0. The summed E-state index contributed by atoms with van der Waals surface area (Å²) in [6.07, 6.45) is 1.11. The Morgan fingerprint density at radius 1 is 1.29 bits per heavy atom. The zero-order valence-electron chi connectivity index (χ0n) is 14.0. The number of piperidine rings is 1. The van der Waals surface area contributed by atoms with Crippen LogP contribution in [0.3, 0.4) is 0 Å². The lowest BCUT2D eigenvalue weighted by molar-refractivity contribution is -0.135. The first-order valence-corrected chi connectivity index (χ1v) is 8.08. The number of likely N-dealkylation sites (tertiary alicyclic amines) is 1. The van der Waals surface area contributed by atoms with Gasteiger partial charge < -0.3 is 15.1 Å². The normalized spacial score (nSPS) is 15.4. The Bertz CT molecular complexity index is 601. The molecule has 5 nitrogen and oxygen atoms in total. The van der Waals surface area contributed by atoms with E-state index in [0.717, 1.165) is 18.7 Å². The first-order valence-electron chi connectivity index (χ1n) is 8.08. The molecule has 2 amide bonds. The van der Waals surface area contributed by atoms with Gasteiger partial charge in [0.1, 0.15) is 11.6 Å². The van der Waals surface area contributed by atoms with Crippen LogP contribution in [0.15, 0.2) is 18.2 Å². The van der Waals surface area contributed by atoms with Gasteiger partial charge in [0.15, 0.2) is 0 Å². The third-order valence-corrected chi connectivity index (χ3v) is 4.37. The SMILES string of the molecule is CNCCN(C)C(=O)C1CCN(C(=O)c2ccc(F)cc2F)CC1. The molecule has 0 atom stereocenters. The van der Waals surface area contributed by atoms with Crippen LogP contribution in [0.1, 0.15) is 23.2 Å². The van der Waals surface area contributed by atoms with Gasteiger partial charge in [0.25, 0.3) is 5.91 Å². The van der Waals surface area contributed by atoms with Gasteiger partial charge >= 0.3 is 0 Å². The van der Waals surface area contributed by atoms with Gasteiger partial charge in [0.2, 0.25) is 5.91 Å². The van der Waals surface area contributed by atoms with Crippen LogP contribution in [0, 0.1) is 17.6 Å². The van der Waals surface area contributed by atoms with Gasteiger partial charge in [-0.15, -0.1) is 0 Å². The minimum absolute atomic E-state index is 0.0744. The Kier molecular flexibility index (Phi) is 6.25. The molecular weight excluding hydrogens is 316 g/mol. The summed E-state index contributed by atoms with van der Waals surface area (Å²) in [5, 5.41) is 3.00. The second-order valence-corrected chi connectivity index (χ2v) is 6.05. The van der Waals surface area contributed by atoms with Crippen molar-refractivity contribution >= 4 is 11.8 Å². The second-order valence-electron chi connectivity index (χ2n) is 6.05. The monoisotopic (exact) mass is 339 g/mol. The van der Waals surface area contributed by atoms with E-state index in [1.165, 1.54) is 4.90 Å². The number of hydrogen-bond acceptors (Lipinski definition) is 3. The third-order valence-electron chi connectivity index (χ3n) is 4.37. The molecule has 0 radical (unpaired) electrons. The number of nitrogens with one attached hydrogen (secondary N) is 1. The van der Waals surface area contributed by atoms with Crippen molar-refractivity contribution in [2.75, 3.05) is 40.3 Å². The van der Waals surface area contributed by atoms with Crippen LogP contribution in [0.5, 0.6) is 0 Å². The molecule has 1 N–H and O–H groups in total. The molecule has 1 aliphatic heterocycles. The zero-order valence-corrected chi connectivity index (χ0v) is 14.0. The van der Waals surface area contributed by atoms with E-state index in [-0.39, 0.29) is 17.4 Å². The molecule has 2 rings (SSSR count). The maximum absolute atomic E-state index is 13.7. The summed E-state index contributed by atoms with van der Waals surface area (Å²) < 4.78 is 26.7. The summed E-state index contributed by atoms with van der Waals surface area (Å²) in [5.74, 6) is -2.07. The molecular formula is C17H23F2N3O2. The van der Waals surface area contributed by atoms with Gasteiger partial charge in [-0.1, -0.05) is 0 Å². The van der Waals surface area contributed by atoms with Crippen molar-refractivity contribution in [3.05, 3.63) is 35.4 Å². The predicted octanol–water partition coefficient (Wildman–Crippen LogP) is 1.49. The van der Waals surface area contributed by atoms with E-state index in [1.54, 1.807) is 11.9 Å². The van der Waals surface area contributed by atoms with E-state index in [9.17, 15) is 18.4 Å². The molecule has 0 saturated carbocycles. The van der Waals surface area contributed by atoms with Crippen molar-refractivity contribution in [3.63, 3.8) is 0 Å². The fraction of sp³-hybridized carbons (Fsp3) is 0.529. The van der Waals surface area contributed by atoms with Crippen molar-refractivity contribution in [2.24, 2.45) is 5.92 Å². The molecule has 7 heteroatoms. The van der Waals surface area contributed by atoms with Crippen LogP contribution >= 0.6 is 0 Å². The van der Waals surface area contributed by atoms with Crippen molar-refractivity contribution in [2.45, 2.75) is 12.8 Å². The van der Waals surface area contributed by atoms with Crippen LogP contribution in [0.2, 0.25) is 0 Å². The highest BCUT2D eigenvalue weighted by atomic mass is 19.1. The smallest absolute Gasteiger partial charge is 0.256 e. The highest BCUT2D eigenvalue weighted by molar-refractivity contribution is 5.94. The molecule has 0 spiro atoms. The predicted molar refractivity (Wildman–Crippen MR) is 86.5 cm³/mol. The molecule has 0 bridgehead atoms. The molecule has 1 saturated heterocycles. The molecule has 1 heterocycles. The maximum atomic E-state index is 13.7. The van der Waals surface area contributed by atoms with E-state index in [4.69, 9.17) is 0 Å². The van der Waals surface area contributed by atoms with E-state index in [1.807, 2.05) is 7.05 Å². The quantitative estimate of drug-likeness (QED) is 0.884. The fourth-order valence-corrected chi connectivity index (χ4v) is 2.86. The Balaban J connectivity index is 1.92. The van der Waals surface area contributed by atoms with Gasteiger partial charge in [0, 0.05) is 45.2 Å². The number of benzene rings is 1. The Morgan fingerprint density at radius 2 is 1.96 bits per heavy atom. The number of hydrogen-bond donors (Lipinski definition) is 1. The molecule has 1 aromatic rings. The molecule has 1 fully saturated rings. The Labute approximate surface area is 140 Å². The molecule has 1 aromatic carbocycles. The molecule has 132 valence electrons. The minimum Gasteiger partial charge on any atom is -0.344 e. The summed E-state index contributed by atoms with van der Waals surface area (Å²) in [4.78, 5) is 27.9. The lowest BCUT2D eigenvalue weighted by Crippen LogP contribution is -2.44. The second kappa shape index (κ2) is 8.19. The van der Waals surface area contributed by atoms with Crippen molar-refractivity contribution in [1.82, 2.24) is 15.1 Å². The van der Waals surface area contributed by atoms with Crippen molar-refractivity contribution < 1.29 is 18.4 Å². The van der Waals surface area contributed by atoms with E-state index < -0.39 is 17.5 Å². The average molecular weight is 339 g/mol. The number of nitrogens with zero attached hydrogens (tertiary/aromatic N) is 2. The van der Waals surface area contributed by atoms with Crippen LogP contribution < -0.4 is 5.32 Å². The third kappa shape index (κ3) is 4.29. The summed E-state index contributed by atoms with van der Waals surface area (Å²) in [7, 11) is 3.60. The molecule has 0 unspecified atom stereocenters. The van der Waals surface area contributed by atoms with Crippen LogP contribution in [0.25, 0.3) is 0 Å². The summed E-state index contributed by atoms with van der Waals surface area (Å²) in [6, 6.07) is 2.94. The molecule has 0 aromatic heterocycles. The highest BCUT2D eigenvalue weighted by Gasteiger charge is 2.30. The maximum Gasteiger partial charge on any atom is 0.256 e. The number of rotatable bonds is 5. The summed E-state index contributed by atoms with van der Waals surface area (Å²) in [6.45, 7) is 2.15. The summed E-state index contributed by atoms with van der Waals surface area (Å²) in [5.41, 5.74) is -0.132. The van der Waals surface area contributed by atoms with Gasteiger partial charge in [-0.3, -0.25) is 9.59 Å². The Hall–Kier alpha value is -2.02. The number of carbonyl (C=O) groups is 2. The van der Waals surface area contributed by atoms with E-state index in [2.05, 4.69) is 5.32 Å². The van der Waals surface area contributed by atoms with Gasteiger partial charge in [0.05, 0.1) is 5.56 Å². The Morgan fingerprint density at radius 3 is 2.54 bits per heavy atom. The topological polar surface area (TPSA) is 52.7 Å². The number of carbonyl (C=O) groups excluding carboxylic acids is 2. The van der Waals surface area contributed by atoms with E-state index >= 15 is 0 Å². The van der Waals surface area contributed by atoms with Gasteiger partial charge in [-0.05, 0) is 32.0 Å². The largest absolute Gasteiger partial charge is 0.344 e. The van der Waals surface area contributed by atoms with Crippen LogP contribution in [-0.2, 0) is 4.79 Å². The number of likely N-dealkylation sites (N-methyl/N-ethyl adjacent to an activating group) is 2. The molecule has 24 heavy (non-hydrogen) atoms. The lowest BCUT2D eigenvalue weighted by atomic mass is 9.95. The lowest BCUT2D eigenvalue weighted by Gasteiger charge is -2.33. The molecule has 0 aliphatic carbocycles. The average Bonchev–Trinajstić information content (AvgIpc) is 2.58. The van der Waals surface area contributed by atoms with Gasteiger partial charge in [-0.2, -0.15) is 0 Å². The van der Waals surface area contributed by atoms with Crippen LogP contribution in [-0.4, -0.2) is 61.9 Å². The zero-order chi connectivity index (χ0) is 17.7.